The van der Waals surface area contributed by atoms with Gasteiger partial charge in [-0.05, 0) is 26.0 Å². The SMILES string of the molecule is CC1(C)SC[C@@H](C(=O)O)N1C(=O)c1ccccc1. The van der Waals surface area contributed by atoms with Gasteiger partial charge in [0.15, 0.2) is 0 Å². The summed E-state index contributed by atoms with van der Waals surface area (Å²) in [6.45, 7) is 3.75. The monoisotopic (exact) mass is 265 g/mol. The minimum atomic E-state index is -0.947. The van der Waals surface area contributed by atoms with Gasteiger partial charge in [-0.1, -0.05) is 18.2 Å². The number of carbonyl (C=O) groups excluding carboxylic acids is 1. The van der Waals surface area contributed by atoms with Crippen LogP contribution in [0.15, 0.2) is 30.3 Å². The van der Waals surface area contributed by atoms with Gasteiger partial charge < -0.3 is 10.0 Å². The highest BCUT2D eigenvalue weighted by Crippen LogP contribution is 2.39. The molecule has 4 nitrogen and oxygen atoms in total. The predicted octanol–water partition coefficient (Wildman–Crippen LogP) is 2.06. The van der Waals surface area contributed by atoms with Crippen LogP contribution < -0.4 is 0 Å². The van der Waals surface area contributed by atoms with Gasteiger partial charge in [0.05, 0.1) is 4.87 Å². The first-order valence-electron chi connectivity index (χ1n) is 5.69. The van der Waals surface area contributed by atoms with E-state index in [2.05, 4.69) is 0 Å². The molecule has 1 aliphatic rings. The van der Waals surface area contributed by atoms with Crippen molar-refractivity contribution in [3.05, 3.63) is 35.9 Å². The first kappa shape index (κ1) is 13.0. The average molecular weight is 265 g/mol. The zero-order chi connectivity index (χ0) is 13.3. The van der Waals surface area contributed by atoms with Crippen molar-refractivity contribution in [3.8, 4) is 0 Å². The van der Waals surface area contributed by atoms with Crippen LogP contribution in [0.25, 0.3) is 0 Å². The number of carbonyl (C=O) groups is 2. The molecule has 1 atom stereocenters. The summed E-state index contributed by atoms with van der Waals surface area (Å²) in [7, 11) is 0. The molecule has 1 saturated heterocycles. The molecule has 96 valence electrons. The van der Waals surface area contributed by atoms with Crippen molar-refractivity contribution in [2.45, 2.75) is 24.8 Å². The quantitative estimate of drug-likeness (QED) is 0.889. The van der Waals surface area contributed by atoms with Gasteiger partial charge in [0.25, 0.3) is 5.91 Å². The fourth-order valence-corrected chi connectivity index (χ4v) is 3.30. The molecule has 1 N–H and O–H groups in total. The lowest BCUT2D eigenvalue weighted by molar-refractivity contribution is -0.141. The molecule has 0 unspecified atom stereocenters. The normalized spacial score (nSPS) is 21.9. The lowest BCUT2D eigenvalue weighted by atomic mass is 10.1. The summed E-state index contributed by atoms with van der Waals surface area (Å²) in [6, 6.07) is 8.05. The maximum Gasteiger partial charge on any atom is 0.327 e. The van der Waals surface area contributed by atoms with E-state index in [4.69, 9.17) is 0 Å². The highest BCUT2D eigenvalue weighted by molar-refractivity contribution is 8.00. The van der Waals surface area contributed by atoms with Gasteiger partial charge in [-0.15, -0.1) is 11.8 Å². The van der Waals surface area contributed by atoms with Crippen LogP contribution in [0.2, 0.25) is 0 Å². The second kappa shape index (κ2) is 4.65. The number of thioether (sulfide) groups is 1. The Labute approximate surface area is 110 Å². The summed E-state index contributed by atoms with van der Waals surface area (Å²) in [4.78, 5) is 24.6. The Hall–Kier alpha value is -1.49. The maximum atomic E-state index is 12.4. The molecule has 1 amide bonds. The number of benzene rings is 1. The van der Waals surface area contributed by atoms with Crippen LogP contribution in [-0.4, -0.2) is 38.5 Å². The summed E-state index contributed by atoms with van der Waals surface area (Å²) in [6.07, 6.45) is 0. The molecule has 0 aromatic heterocycles. The molecule has 1 fully saturated rings. The van der Waals surface area contributed by atoms with Gasteiger partial charge in [-0.3, -0.25) is 4.79 Å². The molecule has 0 aliphatic carbocycles. The van der Waals surface area contributed by atoms with Crippen molar-refractivity contribution < 1.29 is 14.7 Å². The molecule has 1 aromatic carbocycles. The van der Waals surface area contributed by atoms with Crippen LogP contribution in [0.5, 0.6) is 0 Å². The second-order valence-corrected chi connectivity index (χ2v) is 6.27. The molecule has 1 aromatic rings. The van der Waals surface area contributed by atoms with Crippen molar-refractivity contribution in [2.75, 3.05) is 5.75 Å². The van der Waals surface area contributed by atoms with Crippen LogP contribution in [-0.2, 0) is 4.79 Å². The summed E-state index contributed by atoms with van der Waals surface area (Å²) in [5, 5.41) is 9.20. The van der Waals surface area contributed by atoms with Gasteiger partial charge in [0, 0.05) is 11.3 Å². The number of hydrogen-bond acceptors (Lipinski definition) is 3. The highest BCUT2D eigenvalue weighted by Gasteiger charge is 2.46. The number of rotatable bonds is 2. The standard InChI is InChI=1S/C13H15NO3S/c1-13(2)14(10(8-18-13)12(16)17)11(15)9-6-4-3-5-7-9/h3-7,10H,8H2,1-2H3,(H,16,17)/t10-/m0/s1. The van der Waals surface area contributed by atoms with E-state index in [1.54, 1.807) is 24.3 Å². The van der Waals surface area contributed by atoms with Crippen LogP contribution in [0.3, 0.4) is 0 Å². The molecular weight excluding hydrogens is 250 g/mol. The molecular formula is C13H15NO3S. The summed E-state index contributed by atoms with van der Waals surface area (Å²) < 4.78 is 0. The predicted molar refractivity (Wildman–Crippen MR) is 70.6 cm³/mol. The topological polar surface area (TPSA) is 57.6 Å². The molecule has 5 heteroatoms. The van der Waals surface area contributed by atoms with Crippen LogP contribution in [0.4, 0.5) is 0 Å². The Kier molecular flexibility index (Phi) is 3.34. The molecule has 0 spiro atoms. The maximum absolute atomic E-state index is 12.4. The summed E-state index contributed by atoms with van der Waals surface area (Å²) in [5.74, 6) is -0.740. The molecule has 0 radical (unpaired) electrons. The Morgan fingerprint density at radius 2 is 1.94 bits per heavy atom. The smallest absolute Gasteiger partial charge is 0.327 e. The Morgan fingerprint density at radius 1 is 1.33 bits per heavy atom. The molecule has 0 bridgehead atoms. The Bertz CT molecular complexity index is 472. The van der Waals surface area contributed by atoms with Gasteiger partial charge in [-0.25, -0.2) is 4.79 Å². The first-order chi connectivity index (χ1) is 8.43. The van der Waals surface area contributed by atoms with Crippen molar-refractivity contribution >= 4 is 23.6 Å². The van der Waals surface area contributed by atoms with Crippen molar-refractivity contribution in [2.24, 2.45) is 0 Å². The second-order valence-electron chi connectivity index (χ2n) is 4.65. The third-order valence-corrected chi connectivity index (χ3v) is 4.40. The lowest BCUT2D eigenvalue weighted by Gasteiger charge is -2.33. The highest BCUT2D eigenvalue weighted by atomic mass is 32.2. The van der Waals surface area contributed by atoms with Crippen LogP contribution in [0, 0.1) is 0 Å². The zero-order valence-corrected chi connectivity index (χ0v) is 11.1. The fraction of sp³-hybridized carbons (Fsp3) is 0.385. The van der Waals surface area contributed by atoms with E-state index in [1.807, 2.05) is 19.9 Å². The minimum absolute atomic E-state index is 0.224. The molecule has 1 aliphatic heterocycles. The third kappa shape index (κ3) is 2.22. The number of hydrogen-bond donors (Lipinski definition) is 1. The minimum Gasteiger partial charge on any atom is -0.480 e. The van der Waals surface area contributed by atoms with E-state index >= 15 is 0 Å². The molecule has 18 heavy (non-hydrogen) atoms. The third-order valence-electron chi connectivity index (χ3n) is 3.01. The zero-order valence-electron chi connectivity index (χ0n) is 10.3. The Morgan fingerprint density at radius 3 is 2.50 bits per heavy atom. The van der Waals surface area contributed by atoms with E-state index in [0.29, 0.717) is 11.3 Å². The number of amides is 1. The molecule has 1 heterocycles. The average Bonchev–Trinajstić information content (AvgIpc) is 2.65. The van der Waals surface area contributed by atoms with Crippen LogP contribution in [0.1, 0.15) is 24.2 Å². The number of nitrogens with zero attached hydrogens (tertiary/aromatic N) is 1. The molecule has 0 saturated carbocycles. The summed E-state index contributed by atoms with van der Waals surface area (Å²) in [5.41, 5.74) is 0.527. The van der Waals surface area contributed by atoms with Gasteiger partial charge >= 0.3 is 5.97 Å². The molecule has 2 rings (SSSR count). The van der Waals surface area contributed by atoms with Crippen LogP contribution >= 0.6 is 11.8 Å². The van der Waals surface area contributed by atoms with Gasteiger partial charge in [0.2, 0.25) is 0 Å². The van der Waals surface area contributed by atoms with Gasteiger partial charge in [-0.2, -0.15) is 0 Å². The largest absolute Gasteiger partial charge is 0.480 e. The van der Waals surface area contributed by atoms with E-state index < -0.39 is 16.9 Å². The van der Waals surface area contributed by atoms with Gasteiger partial charge in [0.1, 0.15) is 6.04 Å². The lowest BCUT2D eigenvalue weighted by Crippen LogP contribution is -2.49. The Balaban J connectivity index is 2.34. The van der Waals surface area contributed by atoms with Crippen molar-refractivity contribution in [1.29, 1.82) is 0 Å². The number of aliphatic carboxylic acids is 1. The van der Waals surface area contributed by atoms with Crippen molar-refractivity contribution in [1.82, 2.24) is 4.90 Å². The fourth-order valence-electron chi connectivity index (χ4n) is 2.09. The van der Waals surface area contributed by atoms with E-state index in [1.165, 1.54) is 16.7 Å². The van der Waals surface area contributed by atoms with E-state index in [-0.39, 0.29) is 5.91 Å². The van der Waals surface area contributed by atoms with E-state index in [0.717, 1.165) is 0 Å². The number of carboxylic acids is 1. The number of carboxylic acid groups (broad SMARTS) is 1. The summed E-state index contributed by atoms with van der Waals surface area (Å²) >= 11 is 1.49. The van der Waals surface area contributed by atoms with E-state index in [9.17, 15) is 14.7 Å². The first-order valence-corrected chi connectivity index (χ1v) is 6.67. The van der Waals surface area contributed by atoms with Crippen molar-refractivity contribution in [3.63, 3.8) is 0 Å².